The van der Waals surface area contributed by atoms with Crippen LogP contribution in [-0.2, 0) is 0 Å². The zero-order valence-corrected chi connectivity index (χ0v) is 12.2. The van der Waals surface area contributed by atoms with Crippen molar-refractivity contribution >= 4 is 21.8 Å². The molecule has 2 rings (SSSR count). The number of hydrogen-bond donors (Lipinski definition) is 1. The number of nitrogens with one attached hydrogen (secondary N) is 1. The van der Waals surface area contributed by atoms with Gasteiger partial charge in [0.25, 0.3) is 5.91 Å². The largest absolute Gasteiger partial charge is 0.345 e. The molecule has 0 aliphatic heterocycles. The molecule has 0 saturated carbocycles. The molecule has 0 aliphatic carbocycles. The predicted molar refractivity (Wildman–Crippen MR) is 76.4 cm³/mol. The van der Waals surface area contributed by atoms with Gasteiger partial charge < -0.3 is 5.32 Å². The number of hydrogen-bond acceptors (Lipinski definition) is 1. The number of rotatable bonds is 3. The molecular weight excluding hydrogens is 328 g/mol. The first-order chi connectivity index (χ1) is 9.47. The molecule has 0 fully saturated rings. The first-order valence-corrected chi connectivity index (χ1v) is 6.78. The van der Waals surface area contributed by atoms with Crippen LogP contribution in [-0.4, -0.2) is 5.91 Å². The van der Waals surface area contributed by atoms with Crippen molar-refractivity contribution in [2.24, 2.45) is 0 Å². The second-order valence-corrected chi connectivity index (χ2v) is 5.29. The number of carbonyl (C=O) groups is 1. The normalized spacial score (nSPS) is 12.0. The van der Waals surface area contributed by atoms with E-state index in [1.165, 1.54) is 0 Å². The molecule has 1 atom stereocenters. The Balaban J connectivity index is 2.13. The molecule has 2 aromatic rings. The molecule has 1 N–H and O–H groups in total. The van der Waals surface area contributed by atoms with E-state index in [-0.39, 0.29) is 11.6 Å². The summed E-state index contributed by atoms with van der Waals surface area (Å²) in [5.74, 6) is -2.15. The highest BCUT2D eigenvalue weighted by molar-refractivity contribution is 9.10. The standard InChI is InChI=1S/C15H12BrF2NO/c1-9(10-2-4-11(16)5-3-10)19-15(20)13-7-6-12(17)8-14(13)18/h2-9H,1H3,(H,19,20)/t9-/m0/s1. The number of carbonyl (C=O) groups excluding carboxylic acids is 1. The minimum atomic E-state index is -0.870. The smallest absolute Gasteiger partial charge is 0.254 e. The van der Waals surface area contributed by atoms with Crippen LogP contribution < -0.4 is 5.32 Å². The fraction of sp³-hybridized carbons (Fsp3) is 0.133. The summed E-state index contributed by atoms with van der Waals surface area (Å²) < 4.78 is 27.2. The molecule has 104 valence electrons. The van der Waals surface area contributed by atoms with Gasteiger partial charge in [-0.25, -0.2) is 8.78 Å². The van der Waals surface area contributed by atoms with Crippen LogP contribution in [0.3, 0.4) is 0 Å². The van der Waals surface area contributed by atoms with E-state index >= 15 is 0 Å². The van der Waals surface area contributed by atoms with E-state index < -0.39 is 17.5 Å². The molecule has 0 heterocycles. The van der Waals surface area contributed by atoms with Crippen LogP contribution in [0.1, 0.15) is 28.9 Å². The first kappa shape index (κ1) is 14.7. The van der Waals surface area contributed by atoms with Gasteiger partial charge in [0, 0.05) is 10.5 Å². The van der Waals surface area contributed by atoms with Crippen molar-refractivity contribution in [3.8, 4) is 0 Å². The fourth-order valence-electron chi connectivity index (χ4n) is 1.78. The third-order valence-corrected chi connectivity index (χ3v) is 3.42. The first-order valence-electron chi connectivity index (χ1n) is 5.99. The molecule has 5 heteroatoms. The van der Waals surface area contributed by atoms with E-state index in [1.807, 2.05) is 24.3 Å². The highest BCUT2D eigenvalue weighted by atomic mass is 79.9. The summed E-state index contributed by atoms with van der Waals surface area (Å²) in [6.45, 7) is 1.79. The summed E-state index contributed by atoms with van der Waals surface area (Å²) in [5.41, 5.74) is 0.722. The second-order valence-electron chi connectivity index (χ2n) is 4.37. The van der Waals surface area contributed by atoms with Gasteiger partial charge in [-0.1, -0.05) is 28.1 Å². The second kappa shape index (κ2) is 6.13. The SMILES string of the molecule is C[C@H](NC(=O)c1ccc(F)cc1F)c1ccc(Br)cc1. The van der Waals surface area contributed by atoms with Crippen LogP contribution in [0.5, 0.6) is 0 Å². The lowest BCUT2D eigenvalue weighted by Crippen LogP contribution is -2.27. The van der Waals surface area contributed by atoms with E-state index in [0.717, 1.165) is 22.2 Å². The Morgan fingerprint density at radius 3 is 2.40 bits per heavy atom. The van der Waals surface area contributed by atoms with Crippen molar-refractivity contribution in [2.75, 3.05) is 0 Å². The number of benzene rings is 2. The third-order valence-electron chi connectivity index (χ3n) is 2.89. The molecule has 0 aliphatic rings. The van der Waals surface area contributed by atoms with Gasteiger partial charge in [0.15, 0.2) is 0 Å². The Labute approximate surface area is 123 Å². The van der Waals surface area contributed by atoms with Gasteiger partial charge in [-0.05, 0) is 36.8 Å². The van der Waals surface area contributed by atoms with Crippen molar-refractivity contribution in [3.63, 3.8) is 0 Å². The number of amides is 1. The zero-order chi connectivity index (χ0) is 14.7. The molecular formula is C15H12BrF2NO. The van der Waals surface area contributed by atoms with E-state index in [1.54, 1.807) is 6.92 Å². The van der Waals surface area contributed by atoms with Gasteiger partial charge in [-0.3, -0.25) is 4.79 Å². The fourth-order valence-corrected chi connectivity index (χ4v) is 2.05. The average molecular weight is 340 g/mol. The van der Waals surface area contributed by atoms with Crippen molar-refractivity contribution in [1.82, 2.24) is 5.32 Å². The Morgan fingerprint density at radius 2 is 1.80 bits per heavy atom. The van der Waals surface area contributed by atoms with E-state index in [2.05, 4.69) is 21.2 Å². The van der Waals surface area contributed by atoms with Gasteiger partial charge in [-0.2, -0.15) is 0 Å². The molecule has 20 heavy (non-hydrogen) atoms. The van der Waals surface area contributed by atoms with Crippen LogP contribution in [0.15, 0.2) is 46.9 Å². The van der Waals surface area contributed by atoms with Crippen molar-refractivity contribution in [3.05, 3.63) is 69.7 Å². The monoisotopic (exact) mass is 339 g/mol. The molecule has 2 aromatic carbocycles. The zero-order valence-electron chi connectivity index (χ0n) is 10.7. The highest BCUT2D eigenvalue weighted by Crippen LogP contribution is 2.17. The van der Waals surface area contributed by atoms with Gasteiger partial charge in [-0.15, -0.1) is 0 Å². The van der Waals surface area contributed by atoms with Crippen molar-refractivity contribution < 1.29 is 13.6 Å². The molecule has 2 nitrogen and oxygen atoms in total. The lowest BCUT2D eigenvalue weighted by atomic mass is 10.1. The minimum Gasteiger partial charge on any atom is -0.345 e. The molecule has 0 bridgehead atoms. The van der Waals surface area contributed by atoms with Crippen molar-refractivity contribution in [2.45, 2.75) is 13.0 Å². The third kappa shape index (κ3) is 3.42. The summed E-state index contributed by atoms with van der Waals surface area (Å²) in [6.07, 6.45) is 0. The molecule has 1 amide bonds. The number of halogens is 3. The summed E-state index contributed by atoms with van der Waals surface area (Å²) in [5, 5.41) is 2.68. The highest BCUT2D eigenvalue weighted by Gasteiger charge is 2.15. The van der Waals surface area contributed by atoms with E-state index in [9.17, 15) is 13.6 Å². The van der Waals surface area contributed by atoms with Gasteiger partial charge in [0.2, 0.25) is 0 Å². The van der Waals surface area contributed by atoms with Crippen LogP contribution in [0.4, 0.5) is 8.78 Å². The lowest BCUT2D eigenvalue weighted by molar-refractivity contribution is 0.0935. The average Bonchev–Trinajstić information content (AvgIpc) is 2.39. The summed E-state index contributed by atoms with van der Waals surface area (Å²) in [7, 11) is 0. The molecule has 0 spiro atoms. The maximum Gasteiger partial charge on any atom is 0.254 e. The van der Waals surface area contributed by atoms with Crippen LogP contribution in [0, 0.1) is 11.6 Å². The maximum absolute atomic E-state index is 13.5. The Kier molecular flexibility index (Phi) is 4.49. The molecule has 0 saturated heterocycles. The molecule has 0 unspecified atom stereocenters. The summed E-state index contributed by atoms with van der Waals surface area (Å²) in [4.78, 5) is 11.9. The predicted octanol–water partition coefficient (Wildman–Crippen LogP) is 4.22. The van der Waals surface area contributed by atoms with Crippen LogP contribution in [0.2, 0.25) is 0 Å². The van der Waals surface area contributed by atoms with Gasteiger partial charge in [0.1, 0.15) is 11.6 Å². The van der Waals surface area contributed by atoms with Gasteiger partial charge >= 0.3 is 0 Å². The van der Waals surface area contributed by atoms with E-state index in [4.69, 9.17) is 0 Å². The Hall–Kier alpha value is -1.75. The molecule has 0 aromatic heterocycles. The lowest BCUT2D eigenvalue weighted by Gasteiger charge is -2.14. The topological polar surface area (TPSA) is 29.1 Å². The van der Waals surface area contributed by atoms with Crippen LogP contribution >= 0.6 is 15.9 Å². The minimum absolute atomic E-state index is 0.171. The summed E-state index contributed by atoms with van der Waals surface area (Å²) >= 11 is 3.33. The Bertz CT molecular complexity index is 628. The summed E-state index contributed by atoms with van der Waals surface area (Å²) in [6, 6.07) is 10.0. The quantitative estimate of drug-likeness (QED) is 0.891. The Morgan fingerprint density at radius 1 is 1.15 bits per heavy atom. The molecule has 0 radical (unpaired) electrons. The van der Waals surface area contributed by atoms with Crippen molar-refractivity contribution in [1.29, 1.82) is 0 Å². The maximum atomic E-state index is 13.5. The van der Waals surface area contributed by atoms with Gasteiger partial charge in [0.05, 0.1) is 11.6 Å². The van der Waals surface area contributed by atoms with E-state index in [0.29, 0.717) is 6.07 Å². The van der Waals surface area contributed by atoms with Crippen LogP contribution in [0.25, 0.3) is 0 Å².